The first-order valence-corrected chi connectivity index (χ1v) is 12.4. The van der Waals surface area contributed by atoms with E-state index in [2.05, 4.69) is 39.4 Å². The number of aromatic nitrogens is 1. The summed E-state index contributed by atoms with van der Waals surface area (Å²) >= 11 is 1.76. The largest absolute Gasteiger partial charge is 0.494 e. The minimum absolute atomic E-state index is 0.799. The highest BCUT2D eigenvalue weighted by atomic mass is 32.1. The monoisotopic (exact) mass is 413 g/mol. The van der Waals surface area contributed by atoms with E-state index < -0.39 is 0 Å². The Balaban J connectivity index is 1.23. The lowest BCUT2D eigenvalue weighted by molar-refractivity contribution is 0.205. The molecule has 2 saturated heterocycles. The van der Waals surface area contributed by atoms with Gasteiger partial charge in [-0.1, -0.05) is 19.3 Å². The first-order valence-electron chi connectivity index (χ1n) is 11.5. The molecule has 0 aliphatic carbocycles. The van der Waals surface area contributed by atoms with Gasteiger partial charge in [0.1, 0.15) is 10.8 Å². The van der Waals surface area contributed by atoms with Crippen LogP contribution >= 0.6 is 11.3 Å². The van der Waals surface area contributed by atoms with Crippen LogP contribution in [-0.4, -0.2) is 54.1 Å². The van der Waals surface area contributed by atoms with Gasteiger partial charge in [-0.25, -0.2) is 4.98 Å². The van der Waals surface area contributed by atoms with Gasteiger partial charge in [0.15, 0.2) is 0 Å². The Labute approximate surface area is 179 Å². The Morgan fingerprint density at radius 3 is 2.21 bits per heavy atom. The maximum atomic E-state index is 5.96. The molecule has 29 heavy (non-hydrogen) atoms. The zero-order chi connectivity index (χ0) is 19.7. The lowest BCUT2D eigenvalue weighted by Gasteiger charge is -2.26. The quantitative estimate of drug-likeness (QED) is 0.539. The van der Waals surface area contributed by atoms with E-state index in [-0.39, 0.29) is 0 Å². The van der Waals surface area contributed by atoms with Crippen molar-refractivity contribution in [1.29, 1.82) is 0 Å². The molecule has 0 saturated carbocycles. The van der Waals surface area contributed by atoms with Crippen molar-refractivity contribution in [3.63, 3.8) is 0 Å². The van der Waals surface area contributed by atoms with Gasteiger partial charge in [0, 0.05) is 24.0 Å². The summed E-state index contributed by atoms with van der Waals surface area (Å²) < 4.78 is 5.96. The molecule has 2 aliphatic heterocycles. The highest BCUT2D eigenvalue weighted by Crippen LogP contribution is 2.26. The Morgan fingerprint density at radius 2 is 1.48 bits per heavy atom. The van der Waals surface area contributed by atoms with Crippen molar-refractivity contribution < 1.29 is 4.74 Å². The minimum atomic E-state index is 0.799. The van der Waals surface area contributed by atoms with Crippen LogP contribution in [0.15, 0.2) is 29.6 Å². The van der Waals surface area contributed by atoms with Crippen LogP contribution in [0.4, 0.5) is 0 Å². The van der Waals surface area contributed by atoms with Gasteiger partial charge in [-0.3, -0.25) is 4.90 Å². The summed E-state index contributed by atoms with van der Waals surface area (Å²) in [6.45, 7) is 7.93. The van der Waals surface area contributed by atoms with Crippen LogP contribution in [-0.2, 0) is 6.54 Å². The van der Waals surface area contributed by atoms with E-state index in [1.165, 1.54) is 82.4 Å². The summed E-state index contributed by atoms with van der Waals surface area (Å²) in [7, 11) is 0. The fourth-order valence-electron chi connectivity index (χ4n) is 4.39. The zero-order valence-corrected chi connectivity index (χ0v) is 18.5. The summed E-state index contributed by atoms with van der Waals surface area (Å²) in [4.78, 5) is 10.0. The number of rotatable bonds is 8. The summed E-state index contributed by atoms with van der Waals surface area (Å²) in [6, 6.07) is 8.47. The molecule has 0 bridgehead atoms. The first kappa shape index (κ1) is 20.8. The van der Waals surface area contributed by atoms with Gasteiger partial charge in [-0.15, -0.1) is 11.3 Å². The average molecular weight is 414 g/mol. The number of piperidine rings is 1. The summed E-state index contributed by atoms with van der Waals surface area (Å²) in [5, 5.41) is 3.34. The van der Waals surface area contributed by atoms with Crippen LogP contribution in [0.3, 0.4) is 0 Å². The fourth-order valence-corrected chi connectivity index (χ4v) is 5.21. The lowest BCUT2D eigenvalue weighted by Crippen LogP contribution is -2.31. The molecule has 0 amide bonds. The molecular formula is C24H35N3OS. The smallest absolute Gasteiger partial charge is 0.123 e. The standard InChI is InChI=1S/C24H35N3OS/c1-2-5-16-27(15-4-1)19-22-20-29-24(25-22)21-9-11-23(12-10-21)28-18-8-17-26-13-6-3-7-14-26/h9-12,20H,1-8,13-19H2. The summed E-state index contributed by atoms with van der Waals surface area (Å²) in [5.74, 6) is 0.966. The Morgan fingerprint density at radius 1 is 0.828 bits per heavy atom. The number of benzene rings is 1. The zero-order valence-electron chi connectivity index (χ0n) is 17.7. The van der Waals surface area contributed by atoms with Gasteiger partial charge in [0.2, 0.25) is 0 Å². The molecule has 2 aromatic rings. The second-order valence-corrected chi connectivity index (χ2v) is 9.32. The minimum Gasteiger partial charge on any atom is -0.494 e. The molecule has 0 spiro atoms. The summed E-state index contributed by atoms with van der Waals surface area (Å²) in [6.07, 6.45) is 10.6. The maximum Gasteiger partial charge on any atom is 0.123 e. The lowest BCUT2D eigenvalue weighted by atomic mass is 10.1. The molecule has 3 heterocycles. The van der Waals surface area contributed by atoms with Crippen LogP contribution in [0.5, 0.6) is 5.75 Å². The highest BCUT2D eigenvalue weighted by Gasteiger charge is 2.12. The average Bonchev–Trinajstić information content (AvgIpc) is 3.07. The molecule has 2 fully saturated rings. The van der Waals surface area contributed by atoms with E-state index in [1.54, 1.807) is 11.3 Å². The van der Waals surface area contributed by atoms with E-state index >= 15 is 0 Å². The molecule has 158 valence electrons. The van der Waals surface area contributed by atoms with E-state index in [0.717, 1.165) is 36.9 Å². The molecule has 0 atom stereocenters. The van der Waals surface area contributed by atoms with Crippen LogP contribution in [0.25, 0.3) is 10.6 Å². The molecular weight excluding hydrogens is 378 g/mol. The topological polar surface area (TPSA) is 28.6 Å². The number of likely N-dealkylation sites (tertiary alicyclic amines) is 2. The molecule has 0 radical (unpaired) electrons. The number of hydrogen-bond donors (Lipinski definition) is 0. The van der Waals surface area contributed by atoms with Crippen LogP contribution < -0.4 is 4.74 Å². The van der Waals surface area contributed by atoms with E-state index in [0.29, 0.717) is 0 Å². The third-order valence-corrected chi connectivity index (χ3v) is 7.01. The third kappa shape index (κ3) is 6.53. The third-order valence-electron chi connectivity index (χ3n) is 6.07. The van der Waals surface area contributed by atoms with Crippen molar-refractivity contribution in [3.05, 3.63) is 35.3 Å². The molecule has 4 rings (SSSR count). The van der Waals surface area contributed by atoms with Crippen molar-refractivity contribution in [2.75, 3.05) is 39.3 Å². The van der Waals surface area contributed by atoms with Gasteiger partial charge < -0.3 is 9.64 Å². The molecule has 1 aromatic carbocycles. The molecule has 2 aliphatic rings. The molecule has 1 aromatic heterocycles. The van der Waals surface area contributed by atoms with Crippen molar-refractivity contribution in [3.8, 4) is 16.3 Å². The molecule has 0 N–H and O–H groups in total. The summed E-state index contributed by atoms with van der Waals surface area (Å²) in [5.41, 5.74) is 2.41. The molecule has 4 nitrogen and oxygen atoms in total. The van der Waals surface area contributed by atoms with Crippen LogP contribution in [0.2, 0.25) is 0 Å². The number of nitrogens with zero attached hydrogens (tertiary/aromatic N) is 3. The number of hydrogen-bond acceptors (Lipinski definition) is 5. The van der Waals surface area contributed by atoms with Crippen LogP contribution in [0, 0.1) is 0 Å². The molecule has 5 heteroatoms. The Hall–Kier alpha value is -1.43. The fraction of sp³-hybridized carbons (Fsp3) is 0.625. The van der Waals surface area contributed by atoms with Crippen molar-refractivity contribution >= 4 is 11.3 Å². The first-order chi connectivity index (χ1) is 14.4. The second-order valence-electron chi connectivity index (χ2n) is 8.46. The molecule has 0 unspecified atom stereocenters. The van der Waals surface area contributed by atoms with Crippen molar-refractivity contribution in [1.82, 2.24) is 14.8 Å². The van der Waals surface area contributed by atoms with E-state index in [4.69, 9.17) is 9.72 Å². The predicted octanol–water partition coefficient (Wildman–Crippen LogP) is 5.44. The van der Waals surface area contributed by atoms with Crippen molar-refractivity contribution in [2.45, 2.75) is 57.9 Å². The number of thiazole rings is 1. The van der Waals surface area contributed by atoms with Gasteiger partial charge in [0.05, 0.1) is 12.3 Å². The van der Waals surface area contributed by atoms with Gasteiger partial charge in [0.25, 0.3) is 0 Å². The second kappa shape index (κ2) is 11.1. The number of ether oxygens (including phenoxy) is 1. The maximum absolute atomic E-state index is 5.96. The van der Waals surface area contributed by atoms with E-state index in [1.807, 2.05) is 0 Å². The van der Waals surface area contributed by atoms with Crippen molar-refractivity contribution in [2.24, 2.45) is 0 Å². The normalized spacial score (nSPS) is 19.2. The van der Waals surface area contributed by atoms with E-state index in [9.17, 15) is 0 Å². The Bertz CT molecular complexity index is 716. The predicted molar refractivity (Wildman–Crippen MR) is 122 cm³/mol. The SMILES string of the molecule is c1cc(-c2nc(CN3CCCCCC3)cs2)ccc1OCCCN1CCCCC1. The van der Waals surface area contributed by atoms with Crippen LogP contribution in [0.1, 0.15) is 57.1 Å². The Kier molecular flexibility index (Phi) is 7.97. The van der Waals surface area contributed by atoms with Gasteiger partial charge in [-0.05, 0) is 82.5 Å². The van der Waals surface area contributed by atoms with Gasteiger partial charge >= 0.3 is 0 Å². The van der Waals surface area contributed by atoms with Gasteiger partial charge in [-0.2, -0.15) is 0 Å². The highest BCUT2D eigenvalue weighted by molar-refractivity contribution is 7.13.